The number of carbonyl (C=O) groups excluding carboxylic acids is 1. The molecule has 0 aliphatic heterocycles. The molecule has 6 nitrogen and oxygen atoms in total. The van der Waals surface area contributed by atoms with Gasteiger partial charge in [-0.1, -0.05) is 18.2 Å². The number of carbonyl (C=O) groups is 1. The zero-order chi connectivity index (χ0) is 22.8. The van der Waals surface area contributed by atoms with E-state index < -0.39 is 0 Å². The van der Waals surface area contributed by atoms with Crippen molar-refractivity contribution in [2.24, 2.45) is 20.0 Å². The van der Waals surface area contributed by atoms with E-state index >= 15 is 0 Å². The van der Waals surface area contributed by atoms with Gasteiger partial charge in [0.25, 0.3) is 0 Å². The molecule has 3 aromatic rings. The first-order valence-corrected chi connectivity index (χ1v) is 11.4. The normalized spacial score (nSPS) is 16.0. The molecule has 1 atom stereocenters. The Bertz CT molecular complexity index is 1190. The van der Waals surface area contributed by atoms with E-state index in [1.54, 1.807) is 30.3 Å². The highest BCUT2D eigenvalue weighted by Gasteiger charge is 2.28. The number of rotatable bonds is 8. The molecule has 2 aromatic carbocycles. The van der Waals surface area contributed by atoms with Gasteiger partial charge in [0.15, 0.2) is 5.78 Å². The molecule has 0 fully saturated rings. The van der Waals surface area contributed by atoms with E-state index in [2.05, 4.69) is 18.0 Å². The summed E-state index contributed by atoms with van der Waals surface area (Å²) >= 11 is 0. The minimum absolute atomic E-state index is 0.0532. The van der Waals surface area contributed by atoms with Crippen LogP contribution in [-0.4, -0.2) is 47.1 Å². The minimum Gasteiger partial charge on any atom is -0.496 e. The molecular weight excluding hydrogens is 402 g/mol. The zero-order valence-corrected chi connectivity index (χ0v) is 19.6. The van der Waals surface area contributed by atoms with Crippen LogP contribution in [0, 0.1) is 5.92 Å². The molecule has 1 unspecified atom stereocenters. The van der Waals surface area contributed by atoms with Crippen molar-refractivity contribution in [2.75, 3.05) is 27.2 Å². The summed E-state index contributed by atoms with van der Waals surface area (Å²) in [5.41, 5.74) is 4.79. The Hall–Kier alpha value is -2.86. The Kier molecular flexibility index (Phi) is 6.51. The lowest BCUT2D eigenvalue weighted by molar-refractivity contribution is 0.0891. The lowest BCUT2D eigenvalue weighted by Gasteiger charge is -2.24. The van der Waals surface area contributed by atoms with Gasteiger partial charge in [-0.25, -0.2) is 4.79 Å². The second-order valence-corrected chi connectivity index (χ2v) is 9.01. The van der Waals surface area contributed by atoms with E-state index in [0.29, 0.717) is 0 Å². The Labute approximate surface area is 189 Å². The largest absolute Gasteiger partial charge is 0.496 e. The number of aryl methyl sites for hydroxylation is 3. The molecule has 0 radical (unpaired) electrons. The number of ketones is 1. The van der Waals surface area contributed by atoms with Crippen LogP contribution in [0.4, 0.5) is 0 Å². The Morgan fingerprint density at radius 3 is 2.53 bits per heavy atom. The molecule has 4 rings (SSSR count). The maximum atomic E-state index is 13.2. The molecule has 6 heteroatoms. The third-order valence-electron chi connectivity index (χ3n) is 6.94. The fourth-order valence-electron chi connectivity index (χ4n) is 4.92. The van der Waals surface area contributed by atoms with Crippen LogP contribution in [0.5, 0.6) is 5.75 Å². The number of imidazole rings is 1. The smallest absolute Gasteiger partial charge is 0.328 e. The van der Waals surface area contributed by atoms with Crippen LogP contribution < -0.4 is 10.4 Å². The van der Waals surface area contributed by atoms with Crippen molar-refractivity contribution in [3.8, 4) is 5.75 Å². The summed E-state index contributed by atoms with van der Waals surface area (Å²) in [4.78, 5) is 27.8. The summed E-state index contributed by atoms with van der Waals surface area (Å²) in [6.45, 7) is 1.93. The fourth-order valence-corrected chi connectivity index (χ4v) is 4.92. The maximum absolute atomic E-state index is 13.2. The molecule has 1 aromatic heterocycles. The van der Waals surface area contributed by atoms with Crippen LogP contribution in [0.3, 0.4) is 0 Å². The number of aromatic nitrogens is 2. The number of hydrogen-bond donors (Lipinski definition) is 0. The van der Waals surface area contributed by atoms with Gasteiger partial charge in [0.2, 0.25) is 0 Å². The molecular formula is C26H33N3O3. The van der Waals surface area contributed by atoms with E-state index in [9.17, 15) is 9.59 Å². The molecule has 0 amide bonds. The molecule has 0 spiro atoms. The van der Waals surface area contributed by atoms with Crippen LogP contribution >= 0.6 is 0 Å². The summed E-state index contributed by atoms with van der Waals surface area (Å²) in [6.07, 6.45) is 4.64. The molecule has 32 heavy (non-hydrogen) atoms. The predicted octanol–water partition coefficient (Wildman–Crippen LogP) is 3.59. The number of hydrogen-bond acceptors (Lipinski definition) is 4. The summed E-state index contributed by atoms with van der Waals surface area (Å²) in [5.74, 6) is 1.25. The van der Waals surface area contributed by atoms with E-state index in [1.165, 1.54) is 5.56 Å². The van der Waals surface area contributed by atoms with Gasteiger partial charge in [0.05, 0.1) is 18.1 Å². The van der Waals surface area contributed by atoms with Crippen molar-refractivity contribution in [3.05, 3.63) is 63.6 Å². The average Bonchev–Trinajstić information content (AvgIpc) is 3.02. The number of Topliss-reactive ketones (excluding diaryl/α,β-unsaturated/α-hetero) is 1. The van der Waals surface area contributed by atoms with Gasteiger partial charge in [-0.3, -0.25) is 13.9 Å². The molecule has 1 heterocycles. The lowest BCUT2D eigenvalue weighted by Crippen LogP contribution is -2.26. The van der Waals surface area contributed by atoms with Crippen LogP contribution in [0.2, 0.25) is 0 Å². The van der Waals surface area contributed by atoms with Gasteiger partial charge in [-0.05, 0) is 75.0 Å². The van der Waals surface area contributed by atoms with Crippen molar-refractivity contribution in [1.29, 1.82) is 0 Å². The standard InChI is InChI=1S/C26H33N3O3/c1-27(15-13-18-8-5-6-10-24(18)32-4)14-7-9-19-11-12-20-16-22-23(17-21(20)25(19)30)29(3)26(31)28(22)2/h5-6,8,10,16-17,19H,7,9,11-15H2,1-4H3. The van der Waals surface area contributed by atoms with E-state index in [4.69, 9.17) is 4.74 Å². The Morgan fingerprint density at radius 2 is 1.78 bits per heavy atom. The van der Waals surface area contributed by atoms with Crippen molar-refractivity contribution in [1.82, 2.24) is 14.0 Å². The molecule has 1 aliphatic carbocycles. The molecule has 0 saturated heterocycles. The highest BCUT2D eigenvalue weighted by Crippen LogP contribution is 2.31. The number of likely N-dealkylation sites (N-methyl/N-ethyl adjacent to an activating group) is 1. The molecule has 0 saturated carbocycles. The van der Waals surface area contributed by atoms with Crippen LogP contribution in [0.25, 0.3) is 11.0 Å². The predicted molar refractivity (Wildman–Crippen MR) is 128 cm³/mol. The SMILES string of the molecule is COc1ccccc1CCN(C)CCCC1CCc2cc3c(cc2C1=O)n(C)c(=O)n3C. The van der Waals surface area contributed by atoms with Crippen molar-refractivity contribution < 1.29 is 9.53 Å². The van der Waals surface area contributed by atoms with Crippen LogP contribution in [0.1, 0.15) is 40.7 Å². The van der Waals surface area contributed by atoms with Gasteiger partial charge in [-0.15, -0.1) is 0 Å². The summed E-state index contributed by atoms with van der Waals surface area (Å²) in [5, 5.41) is 0. The highest BCUT2D eigenvalue weighted by atomic mass is 16.5. The maximum Gasteiger partial charge on any atom is 0.328 e. The molecule has 0 bridgehead atoms. The third-order valence-corrected chi connectivity index (χ3v) is 6.94. The quantitative estimate of drug-likeness (QED) is 0.543. The second-order valence-electron chi connectivity index (χ2n) is 9.01. The van der Waals surface area contributed by atoms with Crippen molar-refractivity contribution in [3.63, 3.8) is 0 Å². The third kappa shape index (κ3) is 4.24. The topological polar surface area (TPSA) is 56.5 Å². The Balaban J connectivity index is 1.34. The van der Waals surface area contributed by atoms with Crippen LogP contribution in [0.15, 0.2) is 41.2 Å². The number of methoxy groups -OCH3 is 1. The lowest BCUT2D eigenvalue weighted by atomic mass is 9.80. The van der Waals surface area contributed by atoms with Crippen LogP contribution in [-0.2, 0) is 26.9 Å². The highest BCUT2D eigenvalue weighted by molar-refractivity contribution is 6.03. The number of nitrogens with zero attached hydrogens (tertiary/aromatic N) is 3. The van der Waals surface area contributed by atoms with E-state index in [0.717, 1.165) is 73.1 Å². The van der Waals surface area contributed by atoms with Gasteiger partial charge < -0.3 is 9.64 Å². The summed E-state index contributed by atoms with van der Waals surface area (Å²) in [6, 6.07) is 12.1. The number of benzene rings is 2. The Morgan fingerprint density at radius 1 is 1.06 bits per heavy atom. The summed E-state index contributed by atoms with van der Waals surface area (Å²) in [7, 11) is 7.40. The number of para-hydroxylation sites is 1. The molecule has 0 N–H and O–H groups in total. The van der Waals surface area contributed by atoms with Gasteiger partial charge in [0.1, 0.15) is 5.75 Å². The fraction of sp³-hybridized carbons (Fsp3) is 0.462. The average molecular weight is 436 g/mol. The van der Waals surface area contributed by atoms with Gasteiger partial charge >= 0.3 is 5.69 Å². The first-order chi connectivity index (χ1) is 15.4. The molecule has 170 valence electrons. The van der Waals surface area contributed by atoms with Crippen molar-refractivity contribution in [2.45, 2.75) is 32.1 Å². The second kappa shape index (κ2) is 9.33. The summed E-state index contributed by atoms with van der Waals surface area (Å²) < 4.78 is 8.73. The monoisotopic (exact) mass is 435 g/mol. The van der Waals surface area contributed by atoms with Gasteiger partial charge in [0, 0.05) is 32.1 Å². The minimum atomic E-state index is -0.0532. The number of ether oxygens (including phenoxy) is 1. The zero-order valence-electron chi connectivity index (χ0n) is 19.6. The first kappa shape index (κ1) is 22.3. The van der Waals surface area contributed by atoms with Gasteiger partial charge in [-0.2, -0.15) is 0 Å². The molecule has 1 aliphatic rings. The van der Waals surface area contributed by atoms with Crippen molar-refractivity contribution >= 4 is 16.8 Å². The van der Waals surface area contributed by atoms with E-state index in [-0.39, 0.29) is 17.4 Å². The first-order valence-electron chi connectivity index (χ1n) is 11.4. The van der Waals surface area contributed by atoms with E-state index in [1.807, 2.05) is 30.3 Å². The number of fused-ring (bicyclic) bond motifs is 2.